The lowest BCUT2D eigenvalue weighted by Crippen LogP contribution is -2.49. The summed E-state index contributed by atoms with van der Waals surface area (Å²) < 4.78 is 5.64. The van der Waals surface area contributed by atoms with Gasteiger partial charge in [0.15, 0.2) is 6.61 Å². The lowest BCUT2D eigenvalue weighted by atomic mass is 10.1. The second kappa shape index (κ2) is 8.07. The molecule has 146 valence electrons. The Morgan fingerprint density at radius 1 is 1.00 bits per heavy atom. The normalized spacial score (nSPS) is 15.1. The molecule has 0 spiro atoms. The molecule has 5 nitrogen and oxygen atoms in total. The summed E-state index contributed by atoms with van der Waals surface area (Å²) >= 11 is 0. The minimum absolute atomic E-state index is 0.0588. The third-order valence-corrected chi connectivity index (χ3v) is 5.52. The van der Waals surface area contributed by atoms with E-state index in [-0.39, 0.29) is 12.5 Å². The molecule has 2 aromatic carbocycles. The molecule has 5 heteroatoms. The van der Waals surface area contributed by atoms with Crippen molar-refractivity contribution in [3.63, 3.8) is 0 Å². The fourth-order valence-corrected chi connectivity index (χ4v) is 3.79. The predicted molar refractivity (Wildman–Crippen MR) is 112 cm³/mol. The molecule has 1 amide bonds. The number of benzene rings is 2. The van der Waals surface area contributed by atoms with Crippen LogP contribution in [-0.2, 0) is 11.3 Å². The molecule has 1 aromatic heterocycles. The first-order valence-corrected chi connectivity index (χ1v) is 9.86. The number of fused-ring (bicyclic) bond motifs is 1. The van der Waals surface area contributed by atoms with Gasteiger partial charge in [0.1, 0.15) is 5.75 Å². The van der Waals surface area contributed by atoms with Crippen LogP contribution < -0.4 is 4.74 Å². The van der Waals surface area contributed by atoms with Crippen LogP contribution in [0.3, 0.4) is 0 Å². The zero-order valence-electron chi connectivity index (χ0n) is 16.6. The molecule has 0 atom stereocenters. The van der Waals surface area contributed by atoms with Crippen LogP contribution in [0, 0.1) is 13.8 Å². The van der Waals surface area contributed by atoms with Crippen LogP contribution in [0.2, 0.25) is 0 Å². The highest BCUT2D eigenvalue weighted by atomic mass is 16.5. The van der Waals surface area contributed by atoms with Gasteiger partial charge >= 0.3 is 0 Å². The Balaban J connectivity index is 1.30. The van der Waals surface area contributed by atoms with E-state index in [0.717, 1.165) is 38.5 Å². The zero-order chi connectivity index (χ0) is 19.5. The highest BCUT2D eigenvalue weighted by molar-refractivity contribution is 5.84. The number of rotatable bonds is 5. The topological polar surface area (TPSA) is 48.6 Å². The van der Waals surface area contributed by atoms with Crippen molar-refractivity contribution < 1.29 is 9.53 Å². The number of para-hydroxylation sites is 1. The molecular formula is C23H27N3O2. The van der Waals surface area contributed by atoms with Crippen molar-refractivity contribution in [1.82, 2.24) is 14.8 Å². The summed E-state index contributed by atoms with van der Waals surface area (Å²) in [6, 6.07) is 16.2. The molecule has 3 aromatic rings. The summed E-state index contributed by atoms with van der Waals surface area (Å²) in [7, 11) is 0. The number of aromatic nitrogens is 1. The van der Waals surface area contributed by atoms with Crippen LogP contribution in [0.15, 0.2) is 48.5 Å². The van der Waals surface area contributed by atoms with Crippen LogP contribution >= 0.6 is 0 Å². The number of H-pyrrole nitrogens is 1. The Labute approximate surface area is 165 Å². The van der Waals surface area contributed by atoms with E-state index in [4.69, 9.17) is 4.74 Å². The Morgan fingerprint density at radius 3 is 2.46 bits per heavy atom. The van der Waals surface area contributed by atoms with Crippen molar-refractivity contribution in [2.45, 2.75) is 20.4 Å². The average molecular weight is 377 g/mol. The monoisotopic (exact) mass is 377 g/mol. The van der Waals surface area contributed by atoms with Crippen LogP contribution in [-0.4, -0.2) is 53.5 Å². The highest BCUT2D eigenvalue weighted by Gasteiger charge is 2.22. The van der Waals surface area contributed by atoms with E-state index in [1.54, 1.807) is 0 Å². The largest absolute Gasteiger partial charge is 0.484 e. The number of hydrogen-bond acceptors (Lipinski definition) is 3. The van der Waals surface area contributed by atoms with Gasteiger partial charge in [-0.15, -0.1) is 0 Å². The van der Waals surface area contributed by atoms with Crippen molar-refractivity contribution in [3.05, 3.63) is 65.4 Å². The quantitative estimate of drug-likeness (QED) is 0.740. The van der Waals surface area contributed by atoms with Crippen molar-refractivity contribution in [3.8, 4) is 5.75 Å². The lowest BCUT2D eigenvalue weighted by molar-refractivity contribution is -0.135. The van der Waals surface area contributed by atoms with Gasteiger partial charge in [0, 0.05) is 49.3 Å². The standard InChI is InChI=1S/C23H27N3O2/c1-17-7-9-19(10-8-17)28-16-23(27)26-13-11-25(12-14-26)15-21-18(2)24-22-6-4-3-5-20(21)22/h3-10,24H,11-16H2,1-2H3. The number of nitrogens with zero attached hydrogens (tertiary/aromatic N) is 2. The van der Waals surface area contributed by atoms with Crippen LogP contribution in [0.1, 0.15) is 16.8 Å². The Bertz CT molecular complexity index is 954. The van der Waals surface area contributed by atoms with Gasteiger partial charge in [-0.25, -0.2) is 0 Å². The number of piperazine rings is 1. The minimum atomic E-state index is 0.0588. The van der Waals surface area contributed by atoms with E-state index in [1.165, 1.54) is 27.7 Å². The molecule has 1 aliphatic rings. The summed E-state index contributed by atoms with van der Waals surface area (Å²) in [4.78, 5) is 20.3. The Kier molecular flexibility index (Phi) is 5.35. The second-order valence-corrected chi connectivity index (χ2v) is 7.53. The number of carbonyl (C=O) groups is 1. The Morgan fingerprint density at radius 2 is 1.71 bits per heavy atom. The molecule has 4 rings (SSSR count). The SMILES string of the molecule is Cc1ccc(OCC(=O)N2CCN(Cc3c(C)[nH]c4ccccc34)CC2)cc1. The third kappa shape index (κ3) is 4.04. The predicted octanol–water partition coefficient (Wildman–Crippen LogP) is 3.51. The van der Waals surface area contributed by atoms with Crippen molar-refractivity contribution >= 4 is 16.8 Å². The molecule has 1 saturated heterocycles. The minimum Gasteiger partial charge on any atom is -0.484 e. The summed E-state index contributed by atoms with van der Waals surface area (Å²) in [5.74, 6) is 0.802. The van der Waals surface area contributed by atoms with Crippen LogP contribution in [0.5, 0.6) is 5.75 Å². The fraction of sp³-hybridized carbons (Fsp3) is 0.348. The van der Waals surface area contributed by atoms with Gasteiger partial charge in [-0.1, -0.05) is 35.9 Å². The molecule has 1 N–H and O–H groups in total. The van der Waals surface area contributed by atoms with Gasteiger partial charge in [0.2, 0.25) is 0 Å². The van der Waals surface area contributed by atoms with Gasteiger partial charge in [-0.05, 0) is 37.6 Å². The van der Waals surface area contributed by atoms with E-state index in [9.17, 15) is 4.79 Å². The molecule has 0 aliphatic carbocycles. The number of carbonyl (C=O) groups excluding carboxylic acids is 1. The van der Waals surface area contributed by atoms with Crippen LogP contribution in [0.4, 0.5) is 0 Å². The van der Waals surface area contributed by atoms with Crippen molar-refractivity contribution in [2.24, 2.45) is 0 Å². The first kappa shape index (κ1) is 18.6. The summed E-state index contributed by atoms with van der Waals surface area (Å²) in [6.07, 6.45) is 0. The smallest absolute Gasteiger partial charge is 0.260 e. The van der Waals surface area contributed by atoms with E-state index in [2.05, 4.69) is 41.1 Å². The first-order chi connectivity index (χ1) is 13.6. The molecule has 0 unspecified atom stereocenters. The molecule has 0 saturated carbocycles. The number of hydrogen-bond donors (Lipinski definition) is 1. The summed E-state index contributed by atoms with van der Waals surface area (Å²) in [5, 5.41) is 1.30. The number of aromatic amines is 1. The average Bonchev–Trinajstić information content (AvgIpc) is 3.03. The molecular weight excluding hydrogens is 350 g/mol. The van der Waals surface area contributed by atoms with E-state index in [1.807, 2.05) is 36.1 Å². The van der Waals surface area contributed by atoms with Gasteiger partial charge in [-0.2, -0.15) is 0 Å². The summed E-state index contributed by atoms with van der Waals surface area (Å²) in [6.45, 7) is 8.45. The lowest BCUT2D eigenvalue weighted by Gasteiger charge is -2.34. The van der Waals surface area contributed by atoms with Gasteiger partial charge in [0.05, 0.1) is 0 Å². The fourth-order valence-electron chi connectivity index (χ4n) is 3.79. The number of ether oxygens (including phenoxy) is 1. The molecule has 0 radical (unpaired) electrons. The van der Waals surface area contributed by atoms with Crippen LogP contribution in [0.25, 0.3) is 10.9 Å². The van der Waals surface area contributed by atoms with Gasteiger partial charge in [0.25, 0.3) is 5.91 Å². The van der Waals surface area contributed by atoms with Gasteiger partial charge in [-0.3, -0.25) is 9.69 Å². The molecule has 28 heavy (non-hydrogen) atoms. The molecule has 0 bridgehead atoms. The molecule has 1 fully saturated rings. The second-order valence-electron chi connectivity index (χ2n) is 7.53. The first-order valence-electron chi connectivity index (χ1n) is 9.86. The molecule has 1 aliphatic heterocycles. The van der Waals surface area contributed by atoms with E-state index < -0.39 is 0 Å². The molecule has 2 heterocycles. The van der Waals surface area contributed by atoms with E-state index >= 15 is 0 Å². The third-order valence-electron chi connectivity index (χ3n) is 5.52. The summed E-state index contributed by atoms with van der Waals surface area (Å²) in [5.41, 5.74) is 4.96. The maximum Gasteiger partial charge on any atom is 0.260 e. The number of aryl methyl sites for hydroxylation is 2. The highest BCUT2D eigenvalue weighted by Crippen LogP contribution is 2.23. The van der Waals surface area contributed by atoms with E-state index in [0.29, 0.717) is 0 Å². The number of nitrogens with one attached hydrogen (secondary N) is 1. The maximum atomic E-state index is 12.5. The maximum absolute atomic E-state index is 12.5. The Hall–Kier alpha value is -2.79. The van der Waals surface area contributed by atoms with Crippen molar-refractivity contribution in [2.75, 3.05) is 32.8 Å². The zero-order valence-corrected chi connectivity index (χ0v) is 16.6. The number of amides is 1. The van der Waals surface area contributed by atoms with Crippen molar-refractivity contribution in [1.29, 1.82) is 0 Å². The van der Waals surface area contributed by atoms with Gasteiger partial charge < -0.3 is 14.6 Å².